The van der Waals surface area contributed by atoms with Crippen LogP contribution in [0.3, 0.4) is 0 Å². The number of ether oxygens (including phenoxy) is 1. The largest absolute Gasteiger partial charge is 0.467 e. The molecule has 1 aliphatic rings. The highest BCUT2D eigenvalue weighted by molar-refractivity contribution is 7.85. The van der Waals surface area contributed by atoms with Gasteiger partial charge < -0.3 is 15.4 Å². The van der Waals surface area contributed by atoms with E-state index in [9.17, 15) is 9.18 Å². The minimum Gasteiger partial charge on any atom is -0.467 e. The summed E-state index contributed by atoms with van der Waals surface area (Å²) in [6.45, 7) is 2.00. The Bertz CT molecular complexity index is 1310. The molecule has 0 spiro atoms. The minimum atomic E-state index is -0.758. The maximum absolute atomic E-state index is 14.6. The summed E-state index contributed by atoms with van der Waals surface area (Å²) in [5, 5.41) is 0. The van der Waals surface area contributed by atoms with E-state index in [1.54, 1.807) is 25.1 Å². The normalized spacial score (nSPS) is 15.7. The molecular weight excluding hydrogens is 477 g/mol. The first-order chi connectivity index (χ1) is 16.2. The van der Waals surface area contributed by atoms with Gasteiger partial charge in [-0.15, -0.1) is 22.3 Å². The summed E-state index contributed by atoms with van der Waals surface area (Å²) in [6.07, 6.45) is 4.86. The Balaban J connectivity index is 1.96. The summed E-state index contributed by atoms with van der Waals surface area (Å²) >= 11 is 6.08. The van der Waals surface area contributed by atoms with Gasteiger partial charge in [0.2, 0.25) is 0 Å². The average molecular weight is 502 g/mol. The van der Waals surface area contributed by atoms with E-state index in [0.717, 1.165) is 16.8 Å². The van der Waals surface area contributed by atoms with Crippen LogP contribution in [-0.4, -0.2) is 40.3 Å². The summed E-state index contributed by atoms with van der Waals surface area (Å²) in [5.41, 5.74) is 9.91. The lowest BCUT2D eigenvalue weighted by Crippen LogP contribution is -2.29. The summed E-state index contributed by atoms with van der Waals surface area (Å²) in [5.74, 6) is -0.712. The lowest BCUT2D eigenvalue weighted by atomic mass is 9.95. The Morgan fingerprint density at radius 2 is 2.06 bits per heavy atom. The van der Waals surface area contributed by atoms with Gasteiger partial charge in [-0.2, -0.15) is 0 Å². The van der Waals surface area contributed by atoms with Gasteiger partial charge in [-0.3, -0.25) is 4.79 Å². The fraction of sp³-hybridized carbons (Fsp3) is 0.292. The maximum atomic E-state index is 14.6. The van der Waals surface area contributed by atoms with Crippen molar-refractivity contribution in [3.8, 4) is 17.1 Å². The number of halogens is 2. The van der Waals surface area contributed by atoms with E-state index in [1.165, 1.54) is 12.1 Å². The number of fused-ring (bicyclic) bond motifs is 5. The first kappa shape index (κ1) is 24.1. The number of benzene rings is 2. The molecule has 2 heterocycles. The van der Waals surface area contributed by atoms with Crippen LogP contribution in [-0.2, 0) is 23.1 Å². The zero-order valence-electron chi connectivity index (χ0n) is 19.3. The molecule has 0 saturated carbocycles. The van der Waals surface area contributed by atoms with Crippen LogP contribution in [0.1, 0.15) is 40.1 Å². The quantitative estimate of drug-likeness (QED) is 0.497. The van der Waals surface area contributed by atoms with Crippen LogP contribution in [0.25, 0.3) is 11.3 Å². The van der Waals surface area contributed by atoms with E-state index in [0.29, 0.717) is 23.4 Å². The Kier molecular flexibility index (Phi) is 6.86. The van der Waals surface area contributed by atoms with E-state index >= 15 is 0 Å². The number of nitrogen functional groups attached to an aromatic ring is 1. The molecule has 1 aliphatic heterocycles. The van der Waals surface area contributed by atoms with E-state index in [4.69, 9.17) is 22.1 Å². The molecule has 1 amide bonds. The van der Waals surface area contributed by atoms with Crippen molar-refractivity contribution in [1.29, 1.82) is 0 Å². The molecule has 34 heavy (non-hydrogen) atoms. The molecule has 1 aromatic heterocycles. The molecule has 2 N–H and O–H groups in total. The van der Waals surface area contributed by atoms with Crippen molar-refractivity contribution >= 4 is 39.7 Å². The van der Waals surface area contributed by atoms with Gasteiger partial charge >= 0.3 is 0 Å². The Morgan fingerprint density at radius 3 is 2.76 bits per heavy atom. The average Bonchev–Trinajstić information content (AvgIpc) is 2.79. The van der Waals surface area contributed by atoms with E-state index < -0.39 is 11.9 Å². The fourth-order valence-corrected chi connectivity index (χ4v) is 4.80. The monoisotopic (exact) mass is 501 g/mol. The molecule has 1 unspecified atom stereocenters. The number of amides is 1. The number of hydrogen-bond acceptors (Lipinski definition) is 6. The Hall–Kier alpha value is -3.04. The molecule has 3 aromatic rings. The van der Waals surface area contributed by atoms with Crippen molar-refractivity contribution in [2.24, 2.45) is 4.36 Å². The van der Waals surface area contributed by atoms with Crippen molar-refractivity contribution < 1.29 is 13.9 Å². The van der Waals surface area contributed by atoms with E-state index in [-0.39, 0.29) is 39.7 Å². The van der Waals surface area contributed by atoms with E-state index in [2.05, 4.69) is 14.3 Å². The second-order valence-corrected chi connectivity index (χ2v) is 10.2. The maximum Gasteiger partial charge on any atom is 0.258 e. The number of carbonyl (C=O) groups excluding carboxylic acids is 1. The molecule has 0 fully saturated rings. The molecular formula is C24H25ClFN5O2S. The highest BCUT2D eigenvalue weighted by atomic mass is 35.5. The molecule has 178 valence electrons. The van der Waals surface area contributed by atoms with Crippen molar-refractivity contribution in [3.05, 3.63) is 64.6 Å². The van der Waals surface area contributed by atoms with Crippen molar-refractivity contribution in [1.82, 2.24) is 14.9 Å². The van der Waals surface area contributed by atoms with Crippen LogP contribution in [0.4, 0.5) is 15.9 Å². The minimum absolute atomic E-state index is 0.0903. The smallest absolute Gasteiger partial charge is 0.258 e. The summed E-state index contributed by atoms with van der Waals surface area (Å²) < 4.78 is 25.3. The molecule has 10 heteroatoms. The fourth-order valence-electron chi connectivity index (χ4n) is 3.99. The Morgan fingerprint density at radius 1 is 1.29 bits per heavy atom. The van der Waals surface area contributed by atoms with Crippen molar-refractivity contribution in [2.45, 2.75) is 25.5 Å². The van der Waals surface area contributed by atoms with Gasteiger partial charge in [0.1, 0.15) is 11.9 Å². The zero-order valence-corrected chi connectivity index (χ0v) is 20.9. The predicted molar refractivity (Wildman–Crippen MR) is 134 cm³/mol. The van der Waals surface area contributed by atoms with Gasteiger partial charge in [0.05, 0.1) is 23.5 Å². The standard InChI is InChI=1S/C24H25ClFN5O2S/c1-13-21-16(7-8-19(26)18(21)10-25)24(32)31(2)12-14-5-6-15(30-34(3)4)9-17(14)20-11-28-22(27)23(29-20)33-13/h5-9,11,13H,10,12H2,1-4H3,(H2,27,28). The molecule has 0 aliphatic carbocycles. The predicted octanol–water partition coefficient (Wildman–Crippen LogP) is 5.02. The topological polar surface area (TPSA) is 93.7 Å². The van der Waals surface area contributed by atoms with Gasteiger partial charge in [0.15, 0.2) is 5.82 Å². The van der Waals surface area contributed by atoms with Crippen LogP contribution < -0.4 is 10.5 Å². The van der Waals surface area contributed by atoms with Crippen LogP contribution in [0.15, 0.2) is 40.9 Å². The lowest BCUT2D eigenvalue weighted by Gasteiger charge is -2.26. The summed E-state index contributed by atoms with van der Waals surface area (Å²) in [6, 6.07) is 8.48. The van der Waals surface area contributed by atoms with Crippen molar-refractivity contribution in [2.75, 3.05) is 25.3 Å². The van der Waals surface area contributed by atoms with Gasteiger partial charge in [-0.1, -0.05) is 6.07 Å². The number of nitrogens with zero attached hydrogens (tertiary/aromatic N) is 4. The molecule has 0 saturated heterocycles. The molecule has 2 bridgehead atoms. The van der Waals surface area contributed by atoms with Gasteiger partial charge in [-0.25, -0.2) is 18.7 Å². The molecule has 0 radical (unpaired) electrons. The summed E-state index contributed by atoms with van der Waals surface area (Å²) in [4.78, 5) is 24.0. The first-order valence-electron chi connectivity index (χ1n) is 10.5. The Labute approximate surface area is 205 Å². The number of nitrogens with two attached hydrogens (primary N) is 1. The SMILES string of the molecule is CC1Oc2nc(cnc2N)-c2cc(N=S(C)C)ccc2CN(C)C(=O)c2ccc(F)c(CCl)c21. The van der Waals surface area contributed by atoms with Gasteiger partial charge in [0.25, 0.3) is 11.8 Å². The number of carbonyl (C=O) groups is 1. The van der Waals surface area contributed by atoms with Gasteiger partial charge in [0, 0.05) is 35.8 Å². The van der Waals surface area contributed by atoms with Crippen LogP contribution >= 0.6 is 11.6 Å². The number of anilines is 1. The highest BCUT2D eigenvalue weighted by Gasteiger charge is 2.27. The lowest BCUT2D eigenvalue weighted by molar-refractivity contribution is 0.0779. The second kappa shape index (κ2) is 9.68. The highest BCUT2D eigenvalue weighted by Crippen LogP contribution is 2.35. The van der Waals surface area contributed by atoms with Gasteiger partial charge in [-0.05, 0) is 49.3 Å². The number of aromatic nitrogens is 2. The zero-order chi connectivity index (χ0) is 24.6. The molecule has 7 nitrogen and oxygen atoms in total. The summed E-state index contributed by atoms with van der Waals surface area (Å²) in [7, 11) is 1.54. The molecule has 1 atom stereocenters. The third-order valence-corrected chi connectivity index (χ3v) is 6.38. The third kappa shape index (κ3) is 4.63. The number of alkyl halides is 1. The van der Waals surface area contributed by atoms with Crippen LogP contribution in [0.5, 0.6) is 5.88 Å². The number of hydrogen-bond donors (Lipinski definition) is 1. The third-order valence-electron chi connectivity index (χ3n) is 5.54. The first-order valence-corrected chi connectivity index (χ1v) is 13.1. The second-order valence-electron chi connectivity index (χ2n) is 8.19. The molecule has 4 rings (SSSR count). The van der Waals surface area contributed by atoms with E-state index in [1.807, 2.05) is 30.7 Å². The van der Waals surface area contributed by atoms with Crippen LogP contribution in [0.2, 0.25) is 0 Å². The van der Waals surface area contributed by atoms with Crippen molar-refractivity contribution in [3.63, 3.8) is 0 Å². The molecule has 2 aromatic carbocycles. The van der Waals surface area contributed by atoms with Crippen LogP contribution in [0, 0.1) is 5.82 Å². The number of rotatable bonds is 2.